The molecule has 0 aliphatic carbocycles. The first kappa shape index (κ1) is 8.97. The quantitative estimate of drug-likeness (QED) is 0.575. The van der Waals surface area contributed by atoms with Gasteiger partial charge in [0.1, 0.15) is 0 Å². The summed E-state index contributed by atoms with van der Waals surface area (Å²) in [6.45, 7) is 4.33. The highest BCUT2D eigenvalue weighted by atomic mass is 15.2. The molecule has 11 heavy (non-hydrogen) atoms. The fourth-order valence-corrected chi connectivity index (χ4v) is 1.69. The third-order valence-corrected chi connectivity index (χ3v) is 2.37. The molecule has 1 unspecified atom stereocenters. The molecule has 0 saturated carbocycles. The second-order valence-electron chi connectivity index (χ2n) is 3.64. The van der Waals surface area contributed by atoms with Crippen LogP contribution in [0.4, 0.5) is 0 Å². The van der Waals surface area contributed by atoms with Crippen LogP contribution in [0.25, 0.3) is 0 Å². The maximum absolute atomic E-state index is 5.50. The average molecular weight is 157 g/mol. The molecular weight excluding hydrogens is 138 g/mol. The summed E-state index contributed by atoms with van der Waals surface area (Å²) in [7, 11) is 4.26. The summed E-state index contributed by atoms with van der Waals surface area (Å²) >= 11 is 0. The van der Waals surface area contributed by atoms with Crippen LogP contribution < -0.4 is 5.73 Å². The summed E-state index contributed by atoms with van der Waals surface area (Å²) in [5, 5.41) is 0. The van der Waals surface area contributed by atoms with Crippen molar-refractivity contribution in [3.05, 3.63) is 0 Å². The number of hydrogen-bond donors (Lipinski definition) is 1. The fraction of sp³-hybridized carbons (Fsp3) is 1.00. The lowest BCUT2D eigenvalue weighted by atomic mass is 10.1. The summed E-state index contributed by atoms with van der Waals surface area (Å²) in [5.41, 5.74) is 5.50. The van der Waals surface area contributed by atoms with Gasteiger partial charge in [-0.3, -0.25) is 4.90 Å². The summed E-state index contributed by atoms with van der Waals surface area (Å²) < 4.78 is 0. The zero-order chi connectivity index (χ0) is 8.27. The van der Waals surface area contributed by atoms with E-state index in [1.807, 2.05) is 0 Å². The van der Waals surface area contributed by atoms with Crippen molar-refractivity contribution in [1.29, 1.82) is 0 Å². The van der Waals surface area contributed by atoms with E-state index >= 15 is 0 Å². The second-order valence-corrected chi connectivity index (χ2v) is 3.64. The van der Waals surface area contributed by atoms with Crippen molar-refractivity contribution in [3.8, 4) is 0 Å². The Kier molecular flexibility index (Phi) is 3.30. The van der Waals surface area contributed by atoms with Crippen molar-refractivity contribution in [2.45, 2.75) is 6.42 Å². The van der Waals surface area contributed by atoms with Crippen molar-refractivity contribution < 1.29 is 0 Å². The Labute approximate surface area is 69.1 Å². The summed E-state index contributed by atoms with van der Waals surface area (Å²) in [5.74, 6) is 0.841. The predicted molar refractivity (Wildman–Crippen MR) is 47.3 cm³/mol. The minimum atomic E-state index is 0.681. The topological polar surface area (TPSA) is 32.5 Å². The molecule has 1 atom stereocenters. The molecular formula is C8H19N3. The largest absolute Gasteiger partial charge is 0.318 e. The lowest BCUT2D eigenvalue weighted by Crippen LogP contribution is -2.31. The Morgan fingerprint density at radius 3 is 2.82 bits per heavy atom. The lowest BCUT2D eigenvalue weighted by molar-refractivity contribution is 0.280. The molecule has 0 aromatic carbocycles. The van der Waals surface area contributed by atoms with Gasteiger partial charge in [-0.1, -0.05) is 0 Å². The van der Waals surface area contributed by atoms with Crippen molar-refractivity contribution >= 4 is 0 Å². The van der Waals surface area contributed by atoms with Gasteiger partial charge in [-0.25, -0.2) is 0 Å². The molecule has 0 aromatic heterocycles. The Morgan fingerprint density at radius 1 is 1.64 bits per heavy atom. The monoisotopic (exact) mass is 157 g/mol. The molecule has 0 bridgehead atoms. The number of nitrogens with two attached hydrogens (primary N) is 1. The standard InChI is InChI=1S/C8H19N3/c1-10-4-3-8(5-10)6-11(2)7-9/h8H,3-7,9H2,1-2H3. The van der Waals surface area contributed by atoms with Crippen LogP contribution >= 0.6 is 0 Å². The van der Waals surface area contributed by atoms with Crippen LogP contribution in [-0.4, -0.2) is 50.2 Å². The first-order valence-electron chi connectivity index (χ1n) is 4.29. The Hall–Kier alpha value is -0.120. The van der Waals surface area contributed by atoms with Gasteiger partial charge in [0.15, 0.2) is 0 Å². The molecule has 1 saturated heterocycles. The third-order valence-electron chi connectivity index (χ3n) is 2.37. The third kappa shape index (κ3) is 2.77. The highest BCUT2D eigenvalue weighted by Crippen LogP contribution is 2.14. The van der Waals surface area contributed by atoms with Crippen LogP contribution in [0.5, 0.6) is 0 Å². The van der Waals surface area contributed by atoms with E-state index in [4.69, 9.17) is 5.73 Å². The van der Waals surface area contributed by atoms with Crippen molar-refractivity contribution in [2.24, 2.45) is 11.7 Å². The molecule has 0 spiro atoms. The first-order chi connectivity index (χ1) is 5.22. The Bertz CT molecular complexity index is 116. The molecule has 1 aliphatic heterocycles. The minimum Gasteiger partial charge on any atom is -0.318 e. The number of rotatable bonds is 3. The van der Waals surface area contributed by atoms with Gasteiger partial charge in [0.2, 0.25) is 0 Å². The van der Waals surface area contributed by atoms with Crippen LogP contribution in [0.3, 0.4) is 0 Å². The van der Waals surface area contributed by atoms with Gasteiger partial charge in [-0.05, 0) is 33.0 Å². The SMILES string of the molecule is CN(CN)CC1CCN(C)C1. The smallest absolute Gasteiger partial charge is 0.0452 e. The molecule has 2 N–H and O–H groups in total. The molecule has 1 heterocycles. The van der Waals surface area contributed by atoms with E-state index in [0.717, 1.165) is 12.5 Å². The van der Waals surface area contributed by atoms with Gasteiger partial charge >= 0.3 is 0 Å². The van der Waals surface area contributed by atoms with Crippen LogP contribution in [0.15, 0.2) is 0 Å². The molecule has 1 fully saturated rings. The Balaban J connectivity index is 2.17. The van der Waals surface area contributed by atoms with Crippen molar-refractivity contribution in [3.63, 3.8) is 0 Å². The van der Waals surface area contributed by atoms with E-state index < -0.39 is 0 Å². The van der Waals surface area contributed by atoms with Gasteiger partial charge < -0.3 is 10.6 Å². The molecule has 1 rings (SSSR count). The molecule has 0 aromatic rings. The zero-order valence-electron chi connectivity index (χ0n) is 7.58. The van der Waals surface area contributed by atoms with Crippen LogP contribution in [-0.2, 0) is 0 Å². The molecule has 0 amide bonds. The molecule has 1 aliphatic rings. The minimum absolute atomic E-state index is 0.681. The maximum Gasteiger partial charge on any atom is 0.0452 e. The van der Waals surface area contributed by atoms with Crippen molar-refractivity contribution in [2.75, 3.05) is 40.4 Å². The average Bonchev–Trinajstić information content (AvgIpc) is 2.35. The van der Waals surface area contributed by atoms with Gasteiger partial charge in [0.25, 0.3) is 0 Å². The first-order valence-corrected chi connectivity index (χ1v) is 4.29. The highest BCUT2D eigenvalue weighted by molar-refractivity contribution is 4.74. The zero-order valence-corrected chi connectivity index (χ0v) is 7.58. The number of likely N-dealkylation sites (tertiary alicyclic amines) is 1. The molecule has 3 heteroatoms. The Morgan fingerprint density at radius 2 is 2.36 bits per heavy atom. The van der Waals surface area contributed by atoms with Crippen LogP contribution in [0, 0.1) is 5.92 Å². The van der Waals surface area contributed by atoms with E-state index in [1.54, 1.807) is 0 Å². The van der Waals surface area contributed by atoms with Gasteiger partial charge in [0, 0.05) is 19.8 Å². The van der Waals surface area contributed by atoms with E-state index in [0.29, 0.717) is 6.67 Å². The summed E-state index contributed by atoms with van der Waals surface area (Å²) in [6, 6.07) is 0. The van der Waals surface area contributed by atoms with Crippen molar-refractivity contribution in [1.82, 2.24) is 9.80 Å². The predicted octanol–water partition coefficient (Wildman–Crippen LogP) is -0.214. The lowest BCUT2D eigenvalue weighted by Gasteiger charge is -2.18. The van der Waals surface area contributed by atoms with Gasteiger partial charge in [0.05, 0.1) is 0 Å². The van der Waals surface area contributed by atoms with Gasteiger partial charge in [-0.2, -0.15) is 0 Å². The highest BCUT2D eigenvalue weighted by Gasteiger charge is 2.19. The van der Waals surface area contributed by atoms with E-state index in [9.17, 15) is 0 Å². The van der Waals surface area contributed by atoms with Gasteiger partial charge in [-0.15, -0.1) is 0 Å². The maximum atomic E-state index is 5.50. The molecule has 66 valence electrons. The van der Waals surface area contributed by atoms with Crippen LogP contribution in [0.1, 0.15) is 6.42 Å². The normalized spacial score (nSPS) is 26.7. The molecule has 3 nitrogen and oxygen atoms in total. The second kappa shape index (κ2) is 4.04. The fourth-order valence-electron chi connectivity index (χ4n) is 1.69. The van der Waals surface area contributed by atoms with Crippen LogP contribution in [0.2, 0.25) is 0 Å². The molecule has 0 radical (unpaired) electrons. The summed E-state index contributed by atoms with van der Waals surface area (Å²) in [4.78, 5) is 4.57. The van der Waals surface area contributed by atoms with E-state index in [-0.39, 0.29) is 0 Å². The summed E-state index contributed by atoms with van der Waals surface area (Å²) in [6.07, 6.45) is 1.33. The number of nitrogens with zero attached hydrogens (tertiary/aromatic N) is 2. The number of hydrogen-bond acceptors (Lipinski definition) is 3. The van der Waals surface area contributed by atoms with E-state index in [1.165, 1.54) is 19.5 Å². The van der Waals surface area contributed by atoms with E-state index in [2.05, 4.69) is 23.9 Å².